The Balaban J connectivity index is 2.67. The van der Waals surface area contributed by atoms with Gasteiger partial charge in [0, 0.05) is 11.6 Å². The molecule has 156 valence electrons. The number of aliphatic carboxylic acids is 1. The van der Waals surface area contributed by atoms with E-state index in [4.69, 9.17) is 5.11 Å². The Morgan fingerprint density at radius 1 is 1.24 bits per heavy atom. The minimum Gasteiger partial charge on any atom is -0.507 e. The van der Waals surface area contributed by atoms with Crippen LogP contribution in [0.2, 0.25) is 0 Å². The molecular formula is C19H19F2NO7. The van der Waals surface area contributed by atoms with Crippen molar-refractivity contribution >= 4 is 11.9 Å². The van der Waals surface area contributed by atoms with Gasteiger partial charge in [0.2, 0.25) is 0 Å². The molecule has 1 heterocycles. The summed E-state index contributed by atoms with van der Waals surface area (Å²) in [5, 5.41) is 19.5. The molecule has 8 nitrogen and oxygen atoms in total. The van der Waals surface area contributed by atoms with Gasteiger partial charge in [-0.15, -0.1) is 0 Å². The highest BCUT2D eigenvalue weighted by molar-refractivity contribution is 5.72. The summed E-state index contributed by atoms with van der Waals surface area (Å²) >= 11 is 0. The molecule has 0 radical (unpaired) electrons. The van der Waals surface area contributed by atoms with E-state index < -0.39 is 48.7 Å². The lowest BCUT2D eigenvalue weighted by molar-refractivity contribution is -0.141. The number of carboxylic acid groups (broad SMARTS) is 1. The number of carboxylic acids is 1. The first-order valence-corrected chi connectivity index (χ1v) is 8.40. The largest absolute Gasteiger partial charge is 0.507 e. The number of carbonyl (C=O) groups excluding carboxylic acids is 1. The van der Waals surface area contributed by atoms with Crippen molar-refractivity contribution in [2.24, 2.45) is 0 Å². The van der Waals surface area contributed by atoms with Crippen molar-refractivity contribution in [2.45, 2.75) is 32.4 Å². The number of halogens is 2. The number of hydrogen-bond acceptors (Lipinski definition) is 6. The number of aryl methyl sites for hydroxylation is 1. The van der Waals surface area contributed by atoms with Gasteiger partial charge in [0.05, 0.1) is 19.1 Å². The number of methoxy groups -OCH3 is 1. The number of ether oxygens (including phenoxy) is 2. The smallest absolute Gasteiger partial charge is 0.387 e. The molecule has 0 aliphatic rings. The molecule has 1 aromatic carbocycles. The minimum absolute atomic E-state index is 0.199. The normalized spacial score (nSPS) is 11.9. The van der Waals surface area contributed by atoms with Gasteiger partial charge >= 0.3 is 18.6 Å². The molecule has 2 N–H and O–H groups in total. The highest BCUT2D eigenvalue weighted by atomic mass is 19.3. The van der Waals surface area contributed by atoms with Crippen LogP contribution in [0.3, 0.4) is 0 Å². The molecule has 1 atom stereocenters. The first kappa shape index (κ1) is 21.9. The summed E-state index contributed by atoms with van der Waals surface area (Å²) in [7, 11) is 1.13. The van der Waals surface area contributed by atoms with Gasteiger partial charge < -0.3 is 24.3 Å². The molecule has 0 amide bonds. The second-order valence-electron chi connectivity index (χ2n) is 6.15. The molecule has 0 bridgehead atoms. The SMILES string of the molecule is COC(=O)C[C@@H](c1cccc(OC(F)F)c1)c1c(O)cc(C)n(CC(=O)O)c1=O. The monoisotopic (exact) mass is 411 g/mol. The van der Waals surface area contributed by atoms with Crippen molar-refractivity contribution in [3.05, 3.63) is 57.5 Å². The third-order valence-corrected chi connectivity index (χ3v) is 4.25. The van der Waals surface area contributed by atoms with Gasteiger partial charge in [-0.05, 0) is 30.7 Å². The van der Waals surface area contributed by atoms with E-state index in [1.54, 1.807) is 0 Å². The number of benzene rings is 1. The standard InChI is InChI=1S/C19H19F2NO7/c1-10-6-14(23)17(18(27)22(10)9-15(24)25)13(8-16(26)28-2)11-4-3-5-12(7-11)29-19(20)21/h3-7,13,19,23H,8-9H2,1-2H3,(H,24,25)/t13-/m0/s1. The molecule has 29 heavy (non-hydrogen) atoms. The number of aromatic nitrogens is 1. The molecule has 1 aromatic heterocycles. The molecule has 10 heteroatoms. The zero-order valence-electron chi connectivity index (χ0n) is 15.6. The predicted octanol–water partition coefficient (Wildman–Crippen LogP) is 2.24. The van der Waals surface area contributed by atoms with E-state index in [1.807, 2.05) is 0 Å². The molecular weight excluding hydrogens is 392 g/mol. The lowest BCUT2D eigenvalue weighted by Gasteiger charge is -2.20. The maximum absolute atomic E-state index is 12.9. The lowest BCUT2D eigenvalue weighted by Crippen LogP contribution is -2.30. The fourth-order valence-electron chi connectivity index (χ4n) is 2.97. The van der Waals surface area contributed by atoms with Gasteiger partial charge in [0.1, 0.15) is 18.0 Å². The molecule has 0 fully saturated rings. The van der Waals surface area contributed by atoms with Crippen LogP contribution in [0, 0.1) is 6.92 Å². The summed E-state index contributed by atoms with van der Waals surface area (Å²) < 4.78 is 35.0. The Morgan fingerprint density at radius 3 is 2.52 bits per heavy atom. The highest BCUT2D eigenvalue weighted by Gasteiger charge is 2.27. The van der Waals surface area contributed by atoms with Crippen LogP contribution in [0.5, 0.6) is 11.5 Å². The van der Waals surface area contributed by atoms with Crippen molar-refractivity contribution in [2.75, 3.05) is 7.11 Å². The van der Waals surface area contributed by atoms with Crippen LogP contribution in [0.1, 0.15) is 29.2 Å². The van der Waals surface area contributed by atoms with Crippen molar-refractivity contribution < 1.29 is 38.1 Å². The average Bonchev–Trinajstić information content (AvgIpc) is 2.63. The molecule has 2 aromatic rings. The first-order valence-electron chi connectivity index (χ1n) is 8.40. The van der Waals surface area contributed by atoms with E-state index in [-0.39, 0.29) is 22.6 Å². The Bertz CT molecular complexity index is 972. The molecule has 0 saturated carbocycles. The topological polar surface area (TPSA) is 115 Å². The summed E-state index contributed by atoms with van der Waals surface area (Å²) in [4.78, 5) is 36.0. The third-order valence-electron chi connectivity index (χ3n) is 4.25. The van der Waals surface area contributed by atoms with Crippen molar-refractivity contribution in [1.29, 1.82) is 0 Å². The van der Waals surface area contributed by atoms with Gasteiger partial charge in [0.25, 0.3) is 5.56 Å². The van der Waals surface area contributed by atoms with E-state index in [0.717, 1.165) is 11.7 Å². The van der Waals surface area contributed by atoms with Gasteiger partial charge in [-0.1, -0.05) is 12.1 Å². The van der Waals surface area contributed by atoms with Gasteiger partial charge in [0.15, 0.2) is 0 Å². The van der Waals surface area contributed by atoms with E-state index in [2.05, 4.69) is 9.47 Å². The van der Waals surface area contributed by atoms with Gasteiger partial charge in [-0.25, -0.2) is 0 Å². The van der Waals surface area contributed by atoms with Crippen LogP contribution < -0.4 is 10.3 Å². The third kappa shape index (κ3) is 5.31. The second kappa shape index (κ2) is 9.18. The highest BCUT2D eigenvalue weighted by Crippen LogP contribution is 2.34. The van der Waals surface area contributed by atoms with E-state index >= 15 is 0 Å². The lowest BCUT2D eigenvalue weighted by atomic mass is 9.88. The molecule has 0 unspecified atom stereocenters. The van der Waals surface area contributed by atoms with Crippen LogP contribution in [-0.4, -0.2) is 40.4 Å². The second-order valence-corrected chi connectivity index (χ2v) is 6.15. The van der Waals surface area contributed by atoms with Gasteiger partial charge in [-0.2, -0.15) is 8.78 Å². The minimum atomic E-state index is -3.08. The number of pyridine rings is 1. The Kier molecular flexibility index (Phi) is 6.92. The Morgan fingerprint density at radius 2 is 1.93 bits per heavy atom. The molecule has 0 aliphatic heterocycles. The number of alkyl halides is 2. The van der Waals surface area contributed by atoms with Crippen molar-refractivity contribution in [3.63, 3.8) is 0 Å². The van der Waals surface area contributed by atoms with Gasteiger partial charge in [-0.3, -0.25) is 14.4 Å². The van der Waals surface area contributed by atoms with E-state index in [1.165, 1.54) is 37.3 Å². The van der Waals surface area contributed by atoms with Crippen LogP contribution in [0.25, 0.3) is 0 Å². The fourth-order valence-corrected chi connectivity index (χ4v) is 2.97. The fraction of sp³-hybridized carbons (Fsp3) is 0.316. The molecule has 2 rings (SSSR count). The van der Waals surface area contributed by atoms with Crippen LogP contribution in [0.4, 0.5) is 8.78 Å². The van der Waals surface area contributed by atoms with Crippen molar-refractivity contribution in [1.82, 2.24) is 4.57 Å². The van der Waals surface area contributed by atoms with Crippen LogP contribution in [-0.2, 0) is 20.9 Å². The maximum Gasteiger partial charge on any atom is 0.387 e. The van der Waals surface area contributed by atoms with E-state index in [0.29, 0.717) is 0 Å². The first-order chi connectivity index (χ1) is 13.6. The van der Waals surface area contributed by atoms with Crippen molar-refractivity contribution in [3.8, 4) is 11.5 Å². The number of nitrogens with zero attached hydrogens (tertiary/aromatic N) is 1. The number of aromatic hydroxyl groups is 1. The number of hydrogen-bond donors (Lipinski definition) is 2. The summed E-state index contributed by atoms with van der Waals surface area (Å²) in [5.41, 5.74) is -0.646. The molecule has 0 aliphatic carbocycles. The summed E-state index contributed by atoms with van der Waals surface area (Å²) in [6, 6.07) is 6.52. The maximum atomic E-state index is 12.9. The molecule has 0 saturated heterocycles. The average molecular weight is 411 g/mol. The van der Waals surface area contributed by atoms with E-state index in [9.17, 15) is 28.3 Å². The zero-order chi connectivity index (χ0) is 21.7. The Labute approximate surface area is 163 Å². The molecule has 0 spiro atoms. The zero-order valence-corrected chi connectivity index (χ0v) is 15.6. The summed E-state index contributed by atoms with van der Waals surface area (Å²) in [6.45, 7) is -2.29. The summed E-state index contributed by atoms with van der Waals surface area (Å²) in [5.74, 6) is -3.74. The van der Waals surface area contributed by atoms with Crippen LogP contribution >= 0.6 is 0 Å². The summed E-state index contributed by atoms with van der Waals surface area (Å²) in [6.07, 6.45) is -0.395. The number of rotatable bonds is 8. The predicted molar refractivity (Wildman–Crippen MR) is 96.3 cm³/mol. The quantitative estimate of drug-likeness (QED) is 0.640. The van der Waals surface area contributed by atoms with Crippen LogP contribution in [0.15, 0.2) is 35.1 Å². The number of esters is 1. The Hall–Kier alpha value is -3.43. The number of carbonyl (C=O) groups is 2.